The first kappa shape index (κ1) is 12.1. The smallest absolute Gasteiger partial charge is 0.261 e. The zero-order valence-corrected chi connectivity index (χ0v) is 10.4. The van der Waals surface area contributed by atoms with Gasteiger partial charge >= 0.3 is 0 Å². The topological polar surface area (TPSA) is 90.6 Å². The average molecular weight is 246 g/mol. The molecule has 0 aliphatic rings. The molecule has 2 rings (SSSR count). The molecule has 3 N–H and O–H groups in total. The third-order valence-electron chi connectivity index (χ3n) is 2.67. The first-order valence-electron chi connectivity index (χ1n) is 5.51. The Morgan fingerprint density at radius 2 is 2.06 bits per heavy atom. The Morgan fingerprint density at radius 3 is 2.61 bits per heavy atom. The normalized spacial score (nSPS) is 10.4. The minimum atomic E-state index is -0.441. The van der Waals surface area contributed by atoms with Crippen LogP contribution in [0.3, 0.4) is 0 Å². The number of aromatic amines is 2. The predicted octanol–water partition coefficient (Wildman–Crippen LogP) is 1.28. The van der Waals surface area contributed by atoms with Crippen molar-refractivity contribution in [3.05, 3.63) is 45.1 Å². The Kier molecular flexibility index (Phi) is 3.01. The van der Waals surface area contributed by atoms with Gasteiger partial charge in [0.15, 0.2) is 5.43 Å². The van der Waals surface area contributed by atoms with Crippen molar-refractivity contribution < 1.29 is 4.79 Å². The molecule has 0 radical (unpaired) electrons. The van der Waals surface area contributed by atoms with Crippen LogP contribution in [-0.2, 0) is 0 Å². The number of rotatable bonds is 2. The van der Waals surface area contributed by atoms with Crippen LogP contribution in [0.5, 0.6) is 0 Å². The van der Waals surface area contributed by atoms with Crippen molar-refractivity contribution in [2.45, 2.75) is 20.8 Å². The summed E-state index contributed by atoms with van der Waals surface area (Å²) in [6, 6.07) is 1.39. The summed E-state index contributed by atoms with van der Waals surface area (Å²) in [5.74, 6) is -0.441. The van der Waals surface area contributed by atoms with Crippen LogP contribution in [0.1, 0.15) is 27.4 Å². The van der Waals surface area contributed by atoms with Gasteiger partial charge in [0.25, 0.3) is 5.91 Å². The lowest BCUT2D eigenvalue weighted by Crippen LogP contribution is -2.22. The van der Waals surface area contributed by atoms with E-state index in [0.29, 0.717) is 17.1 Å². The van der Waals surface area contributed by atoms with Gasteiger partial charge in [0.2, 0.25) is 0 Å². The van der Waals surface area contributed by atoms with Gasteiger partial charge in [0.05, 0.1) is 17.1 Å². The Morgan fingerprint density at radius 1 is 1.33 bits per heavy atom. The molecule has 0 aliphatic heterocycles. The van der Waals surface area contributed by atoms with Gasteiger partial charge in [0, 0.05) is 18.0 Å². The largest absolute Gasteiger partial charge is 0.364 e. The van der Waals surface area contributed by atoms with E-state index in [9.17, 15) is 9.59 Å². The van der Waals surface area contributed by atoms with Crippen LogP contribution in [-0.4, -0.2) is 21.1 Å². The fourth-order valence-electron chi connectivity index (χ4n) is 1.67. The predicted molar refractivity (Wildman–Crippen MR) is 67.8 cm³/mol. The number of nitrogens with one attached hydrogen (secondary N) is 3. The highest BCUT2D eigenvalue weighted by Gasteiger charge is 2.14. The van der Waals surface area contributed by atoms with Gasteiger partial charge in [-0.2, -0.15) is 5.10 Å². The van der Waals surface area contributed by atoms with Crippen molar-refractivity contribution in [3.63, 3.8) is 0 Å². The van der Waals surface area contributed by atoms with Crippen LogP contribution >= 0.6 is 0 Å². The van der Waals surface area contributed by atoms with E-state index in [0.717, 1.165) is 5.69 Å². The first-order valence-corrected chi connectivity index (χ1v) is 5.51. The Labute approximate surface area is 103 Å². The van der Waals surface area contributed by atoms with Crippen LogP contribution in [0.25, 0.3) is 0 Å². The molecule has 0 unspecified atom stereocenters. The molecular formula is C12H14N4O2. The average Bonchev–Trinajstić information content (AvgIpc) is 2.60. The van der Waals surface area contributed by atoms with Crippen molar-refractivity contribution in [1.29, 1.82) is 0 Å². The Bertz CT molecular complexity index is 635. The van der Waals surface area contributed by atoms with E-state index in [1.807, 2.05) is 0 Å². The first-order chi connectivity index (χ1) is 8.49. The molecule has 1 amide bonds. The molecule has 2 aromatic rings. The maximum absolute atomic E-state index is 12.0. The van der Waals surface area contributed by atoms with Crippen molar-refractivity contribution in [2.75, 3.05) is 5.32 Å². The highest BCUT2D eigenvalue weighted by atomic mass is 16.2. The van der Waals surface area contributed by atoms with E-state index < -0.39 is 5.91 Å². The fraction of sp³-hybridized carbons (Fsp3) is 0.250. The van der Waals surface area contributed by atoms with Crippen LogP contribution in [0.4, 0.5) is 5.69 Å². The van der Waals surface area contributed by atoms with Crippen LogP contribution < -0.4 is 10.7 Å². The minimum Gasteiger partial charge on any atom is -0.364 e. The number of aromatic nitrogens is 3. The van der Waals surface area contributed by atoms with Crippen LogP contribution in [0.15, 0.2) is 17.1 Å². The van der Waals surface area contributed by atoms with Crippen molar-refractivity contribution in [3.8, 4) is 0 Å². The summed E-state index contributed by atoms with van der Waals surface area (Å²) >= 11 is 0. The summed E-state index contributed by atoms with van der Waals surface area (Å²) < 4.78 is 0. The molecule has 94 valence electrons. The maximum Gasteiger partial charge on any atom is 0.261 e. The maximum atomic E-state index is 12.0. The van der Waals surface area contributed by atoms with Gasteiger partial charge in [-0.3, -0.25) is 14.7 Å². The number of nitrogens with zero attached hydrogens (tertiary/aromatic N) is 1. The Balaban J connectivity index is 2.31. The van der Waals surface area contributed by atoms with Crippen LogP contribution in [0.2, 0.25) is 0 Å². The molecule has 0 aliphatic carbocycles. The number of aryl methyl sites for hydroxylation is 3. The number of hydrogen-bond acceptors (Lipinski definition) is 3. The van der Waals surface area contributed by atoms with Gasteiger partial charge in [-0.05, 0) is 20.8 Å². The quantitative estimate of drug-likeness (QED) is 0.745. The number of hydrogen-bond donors (Lipinski definition) is 3. The number of anilines is 1. The number of H-pyrrole nitrogens is 2. The zero-order valence-electron chi connectivity index (χ0n) is 10.4. The van der Waals surface area contributed by atoms with E-state index in [-0.39, 0.29) is 11.0 Å². The fourth-order valence-corrected chi connectivity index (χ4v) is 1.67. The van der Waals surface area contributed by atoms with Gasteiger partial charge in [-0.15, -0.1) is 0 Å². The van der Waals surface area contributed by atoms with E-state index in [4.69, 9.17) is 0 Å². The Hall–Kier alpha value is -2.37. The second-order valence-electron chi connectivity index (χ2n) is 4.16. The molecule has 0 atom stereocenters. The van der Waals surface area contributed by atoms with Gasteiger partial charge in [-0.25, -0.2) is 0 Å². The van der Waals surface area contributed by atoms with Gasteiger partial charge in [-0.1, -0.05) is 0 Å². The molecule has 0 fully saturated rings. The molecule has 0 aromatic carbocycles. The molecule has 0 saturated carbocycles. The van der Waals surface area contributed by atoms with Gasteiger partial charge in [0.1, 0.15) is 5.56 Å². The summed E-state index contributed by atoms with van der Waals surface area (Å²) in [5.41, 5.74) is 2.55. The van der Waals surface area contributed by atoms with Crippen molar-refractivity contribution >= 4 is 11.6 Å². The summed E-state index contributed by atoms with van der Waals surface area (Å²) in [6.07, 6.45) is 1.41. The summed E-state index contributed by atoms with van der Waals surface area (Å²) in [7, 11) is 0. The number of carbonyl (C=O) groups is 1. The van der Waals surface area contributed by atoms with E-state index in [1.54, 1.807) is 20.8 Å². The summed E-state index contributed by atoms with van der Waals surface area (Å²) in [5, 5.41) is 9.42. The lowest BCUT2D eigenvalue weighted by Gasteiger charge is -2.04. The number of pyridine rings is 1. The molecule has 2 heterocycles. The zero-order chi connectivity index (χ0) is 13.3. The third-order valence-corrected chi connectivity index (χ3v) is 2.67. The minimum absolute atomic E-state index is 0.0839. The molecule has 18 heavy (non-hydrogen) atoms. The molecule has 2 aromatic heterocycles. The van der Waals surface area contributed by atoms with Crippen molar-refractivity contribution in [2.24, 2.45) is 0 Å². The SMILES string of the molecule is Cc1cc(=O)c(C(=O)Nc2c(C)n[nH]c2C)c[nH]1. The molecule has 0 bridgehead atoms. The second kappa shape index (κ2) is 4.48. The van der Waals surface area contributed by atoms with E-state index in [1.165, 1.54) is 12.3 Å². The highest BCUT2D eigenvalue weighted by molar-refractivity contribution is 6.04. The number of carbonyl (C=O) groups excluding carboxylic acids is 1. The second-order valence-corrected chi connectivity index (χ2v) is 4.16. The van der Waals surface area contributed by atoms with E-state index in [2.05, 4.69) is 20.5 Å². The summed E-state index contributed by atoms with van der Waals surface area (Å²) in [4.78, 5) is 26.5. The monoisotopic (exact) mass is 246 g/mol. The molecular weight excluding hydrogens is 232 g/mol. The van der Waals surface area contributed by atoms with Gasteiger partial charge < -0.3 is 10.3 Å². The molecule has 6 nitrogen and oxygen atoms in total. The highest BCUT2D eigenvalue weighted by Crippen LogP contribution is 2.16. The van der Waals surface area contributed by atoms with E-state index >= 15 is 0 Å². The van der Waals surface area contributed by atoms with Crippen LogP contribution in [0, 0.1) is 20.8 Å². The lowest BCUT2D eigenvalue weighted by molar-refractivity contribution is 0.102. The summed E-state index contributed by atoms with van der Waals surface area (Å²) in [6.45, 7) is 5.33. The standard InChI is InChI=1S/C12H14N4O2/c1-6-4-10(17)9(5-13-6)12(18)14-11-7(2)15-16-8(11)3/h4-5H,1-3H3,(H,13,17)(H,14,18)(H,15,16). The lowest BCUT2D eigenvalue weighted by atomic mass is 10.2. The van der Waals surface area contributed by atoms with Crippen molar-refractivity contribution in [1.82, 2.24) is 15.2 Å². The molecule has 0 saturated heterocycles. The molecule has 6 heteroatoms. The number of amides is 1. The molecule has 0 spiro atoms. The third kappa shape index (κ3) is 2.17.